The first-order valence-electron chi connectivity index (χ1n) is 4.86. The monoisotopic (exact) mass is 194 g/mol. The Morgan fingerprint density at radius 2 is 2.07 bits per heavy atom. The molecular formula is C11H18N2O. The van der Waals surface area contributed by atoms with Gasteiger partial charge in [-0.2, -0.15) is 0 Å². The van der Waals surface area contributed by atoms with Crippen LogP contribution in [0.2, 0.25) is 0 Å². The standard InChI is InChI=1S/C11H18N2O/c1-11(2,3)14-10-6-4-5-9(13-10)7-8-12/h4-6H,7-8,12H2,1-3H3. The van der Waals surface area contributed by atoms with E-state index in [1.807, 2.05) is 39.0 Å². The first kappa shape index (κ1) is 11.0. The van der Waals surface area contributed by atoms with E-state index < -0.39 is 0 Å². The zero-order chi connectivity index (χ0) is 10.6. The molecule has 3 heteroatoms. The molecule has 1 heterocycles. The van der Waals surface area contributed by atoms with E-state index in [4.69, 9.17) is 10.5 Å². The average Bonchev–Trinajstić information content (AvgIpc) is 2.02. The van der Waals surface area contributed by atoms with Gasteiger partial charge in [0.25, 0.3) is 0 Å². The molecule has 3 nitrogen and oxygen atoms in total. The quantitative estimate of drug-likeness (QED) is 0.797. The molecule has 0 fully saturated rings. The van der Waals surface area contributed by atoms with Gasteiger partial charge in [-0.3, -0.25) is 0 Å². The van der Waals surface area contributed by atoms with Gasteiger partial charge < -0.3 is 10.5 Å². The fourth-order valence-corrected chi connectivity index (χ4v) is 1.12. The van der Waals surface area contributed by atoms with Crippen LogP contribution in [0.4, 0.5) is 0 Å². The molecule has 0 unspecified atom stereocenters. The maximum atomic E-state index is 5.64. The van der Waals surface area contributed by atoms with Gasteiger partial charge in [0.1, 0.15) is 5.60 Å². The Bertz CT molecular complexity index is 292. The number of nitrogens with two attached hydrogens (primary N) is 1. The maximum absolute atomic E-state index is 5.64. The third kappa shape index (κ3) is 3.75. The Morgan fingerprint density at radius 1 is 1.36 bits per heavy atom. The van der Waals surface area contributed by atoms with E-state index in [-0.39, 0.29) is 5.60 Å². The highest BCUT2D eigenvalue weighted by atomic mass is 16.5. The maximum Gasteiger partial charge on any atom is 0.213 e. The van der Waals surface area contributed by atoms with Crippen molar-refractivity contribution in [2.24, 2.45) is 5.73 Å². The lowest BCUT2D eigenvalue weighted by atomic mass is 10.2. The van der Waals surface area contributed by atoms with Crippen LogP contribution in [0.25, 0.3) is 0 Å². The Morgan fingerprint density at radius 3 is 2.64 bits per heavy atom. The van der Waals surface area contributed by atoms with E-state index in [9.17, 15) is 0 Å². The van der Waals surface area contributed by atoms with Crippen LogP contribution in [0.5, 0.6) is 5.88 Å². The van der Waals surface area contributed by atoms with Crippen LogP contribution in [-0.2, 0) is 6.42 Å². The Labute approximate surface area is 85.3 Å². The highest BCUT2D eigenvalue weighted by Gasteiger charge is 2.12. The molecule has 2 N–H and O–H groups in total. The zero-order valence-corrected chi connectivity index (χ0v) is 9.08. The summed E-state index contributed by atoms with van der Waals surface area (Å²) in [6.45, 7) is 6.63. The second kappa shape index (κ2) is 4.42. The van der Waals surface area contributed by atoms with Gasteiger partial charge in [-0.05, 0) is 33.4 Å². The van der Waals surface area contributed by atoms with Crippen molar-refractivity contribution in [1.82, 2.24) is 4.98 Å². The van der Waals surface area contributed by atoms with Gasteiger partial charge in [-0.25, -0.2) is 4.98 Å². The van der Waals surface area contributed by atoms with Crippen molar-refractivity contribution in [2.75, 3.05) is 6.54 Å². The van der Waals surface area contributed by atoms with Gasteiger partial charge in [0.2, 0.25) is 5.88 Å². The molecule has 1 aromatic rings. The Balaban J connectivity index is 2.73. The summed E-state index contributed by atoms with van der Waals surface area (Å²) < 4.78 is 5.64. The molecule has 0 aromatic carbocycles. The van der Waals surface area contributed by atoms with Crippen molar-refractivity contribution < 1.29 is 4.74 Å². The number of pyridine rings is 1. The van der Waals surface area contributed by atoms with Gasteiger partial charge in [-0.15, -0.1) is 0 Å². The summed E-state index contributed by atoms with van der Waals surface area (Å²) >= 11 is 0. The molecule has 1 aromatic heterocycles. The van der Waals surface area contributed by atoms with E-state index in [1.165, 1.54) is 0 Å². The summed E-state index contributed by atoms with van der Waals surface area (Å²) in [6.07, 6.45) is 0.793. The van der Waals surface area contributed by atoms with E-state index in [1.54, 1.807) is 0 Å². The molecule has 1 rings (SSSR count). The summed E-state index contributed by atoms with van der Waals surface area (Å²) in [7, 11) is 0. The molecule has 0 amide bonds. The van der Waals surface area contributed by atoms with E-state index in [0.29, 0.717) is 12.4 Å². The number of hydrogen-bond acceptors (Lipinski definition) is 3. The molecule has 0 saturated heterocycles. The minimum atomic E-state index is -0.200. The van der Waals surface area contributed by atoms with Crippen LogP contribution >= 0.6 is 0 Å². The topological polar surface area (TPSA) is 48.1 Å². The predicted molar refractivity (Wildman–Crippen MR) is 57.4 cm³/mol. The summed E-state index contributed by atoms with van der Waals surface area (Å²) in [5.41, 5.74) is 6.24. The normalized spacial score (nSPS) is 11.4. The van der Waals surface area contributed by atoms with Crippen LogP contribution in [0.15, 0.2) is 18.2 Å². The van der Waals surface area contributed by atoms with E-state index in [2.05, 4.69) is 4.98 Å². The van der Waals surface area contributed by atoms with Crippen molar-refractivity contribution in [1.29, 1.82) is 0 Å². The number of ether oxygens (including phenoxy) is 1. The van der Waals surface area contributed by atoms with Gasteiger partial charge in [0, 0.05) is 18.2 Å². The predicted octanol–water partition coefficient (Wildman–Crippen LogP) is 1.76. The van der Waals surface area contributed by atoms with Crippen LogP contribution in [-0.4, -0.2) is 17.1 Å². The average molecular weight is 194 g/mol. The van der Waals surface area contributed by atoms with Crippen molar-refractivity contribution >= 4 is 0 Å². The lowest BCUT2D eigenvalue weighted by Gasteiger charge is -2.20. The number of aromatic nitrogens is 1. The van der Waals surface area contributed by atoms with Gasteiger partial charge in [-0.1, -0.05) is 6.07 Å². The third-order valence-electron chi connectivity index (χ3n) is 1.59. The number of hydrogen-bond donors (Lipinski definition) is 1. The van der Waals surface area contributed by atoms with Gasteiger partial charge in [0.05, 0.1) is 0 Å². The second-order valence-electron chi connectivity index (χ2n) is 4.22. The smallest absolute Gasteiger partial charge is 0.213 e. The highest BCUT2D eigenvalue weighted by molar-refractivity contribution is 5.16. The van der Waals surface area contributed by atoms with Gasteiger partial charge in [0.15, 0.2) is 0 Å². The Hall–Kier alpha value is -1.09. The minimum absolute atomic E-state index is 0.200. The molecule has 14 heavy (non-hydrogen) atoms. The van der Waals surface area contributed by atoms with Crippen molar-refractivity contribution in [2.45, 2.75) is 32.8 Å². The summed E-state index contributed by atoms with van der Waals surface area (Å²) in [5.74, 6) is 0.670. The van der Waals surface area contributed by atoms with E-state index in [0.717, 1.165) is 12.1 Å². The van der Waals surface area contributed by atoms with Crippen molar-refractivity contribution in [3.8, 4) is 5.88 Å². The van der Waals surface area contributed by atoms with Crippen molar-refractivity contribution in [3.63, 3.8) is 0 Å². The first-order chi connectivity index (χ1) is 6.51. The highest BCUT2D eigenvalue weighted by Crippen LogP contribution is 2.15. The molecule has 78 valence electrons. The molecule has 0 saturated carbocycles. The van der Waals surface area contributed by atoms with Crippen LogP contribution < -0.4 is 10.5 Å². The van der Waals surface area contributed by atoms with Crippen molar-refractivity contribution in [3.05, 3.63) is 23.9 Å². The largest absolute Gasteiger partial charge is 0.472 e. The van der Waals surface area contributed by atoms with Crippen LogP contribution in [0, 0.1) is 0 Å². The molecule has 0 bridgehead atoms. The molecule has 0 aliphatic carbocycles. The third-order valence-corrected chi connectivity index (χ3v) is 1.59. The van der Waals surface area contributed by atoms with E-state index >= 15 is 0 Å². The first-order valence-corrected chi connectivity index (χ1v) is 4.86. The SMILES string of the molecule is CC(C)(C)Oc1cccc(CCN)n1. The zero-order valence-electron chi connectivity index (χ0n) is 9.08. The lowest BCUT2D eigenvalue weighted by Crippen LogP contribution is -2.23. The molecule has 0 aliphatic rings. The molecular weight excluding hydrogens is 176 g/mol. The van der Waals surface area contributed by atoms with Crippen LogP contribution in [0.1, 0.15) is 26.5 Å². The fourth-order valence-electron chi connectivity index (χ4n) is 1.12. The van der Waals surface area contributed by atoms with Crippen LogP contribution in [0.3, 0.4) is 0 Å². The summed E-state index contributed by atoms with van der Waals surface area (Å²) in [5, 5.41) is 0. The molecule has 0 aliphatic heterocycles. The summed E-state index contributed by atoms with van der Waals surface area (Å²) in [4.78, 5) is 4.35. The Kier molecular flexibility index (Phi) is 3.47. The lowest BCUT2D eigenvalue weighted by molar-refractivity contribution is 0.124. The number of nitrogens with zero attached hydrogens (tertiary/aromatic N) is 1. The number of rotatable bonds is 3. The molecule has 0 radical (unpaired) electrons. The molecule has 0 atom stereocenters. The second-order valence-corrected chi connectivity index (χ2v) is 4.22. The summed E-state index contributed by atoms with van der Waals surface area (Å²) in [6, 6.07) is 5.77. The molecule has 0 spiro atoms. The van der Waals surface area contributed by atoms with Gasteiger partial charge >= 0.3 is 0 Å². The fraction of sp³-hybridized carbons (Fsp3) is 0.545. The minimum Gasteiger partial charge on any atom is -0.472 e.